The van der Waals surface area contributed by atoms with Gasteiger partial charge in [0.25, 0.3) is 11.8 Å². The first-order chi connectivity index (χ1) is 25.0. The molecule has 2 aliphatic rings. The average Bonchev–Trinajstić information content (AvgIpc) is 3.51. The van der Waals surface area contributed by atoms with Crippen molar-refractivity contribution in [2.45, 2.75) is 57.0 Å². The minimum absolute atomic E-state index is 0.00813. The summed E-state index contributed by atoms with van der Waals surface area (Å²) in [7, 11) is 0. The lowest BCUT2D eigenvalue weighted by molar-refractivity contribution is -0.160. The number of carbonyl (C=O) groups excluding carboxylic acids is 2. The lowest BCUT2D eigenvalue weighted by Gasteiger charge is -2.46. The van der Waals surface area contributed by atoms with Crippen molar-refractivity contribution < 1.29 is 59.7 Å². The summed E-state index contributed by atoms with van der Waals surface area (Å²) in [6, 6.07) is 5.85. The fourth-order valence-electron chi connectivity index (χ4n) is 6.06. The van der Waals surface area contributed by atoms with Crippen molar-refractivity contribution in [1.29, 1.82) is 0 Å². The van der Waals surface area contributed by atoms with E-state index < -0.39 is 76.0 Å². The third kappa shape index (κ3) is 8.29. The first-order valence-corrected chi connectivity index (χ1v) is 16.2. The Labute approximate surface area is 297 Å². The predicted molar refractivity (Wildman–Crippen MR) is 173 cm³/mol. The maximum atomic E-state index is 15.4. The van der Waals surface area contributed by atoms with Crippen LogP contribution in [0.5, 0.6) is 0 Å². The Balaban J connectivity index is 1.44. The highest BCUT2D eigenvalue weighted by atomic mass is 19.4. The van der Waals surface area contributed by atoms with E-state index in [9.17, 15) is 41.0 Å². The second-order valence-corrected chi connectivity index (χ2v) is 12.4. The van der Waals surface area contributed by atoms with Gasteiger partial charge in [-0.15, -0.1) is 0 Å². The largest absolute Gasteiger partial charge is 0.509 e. The summed E-state index contributed by atoms with van der Waals surface area (Å²) >= 11 is 0. The van der Waals surface area contributed by atoms with Gasteiger partial charge in [-0.2, -0.15) is 26.3 Å². The van der Waals surface area contributed by atoms with E-state index in [0.717, 1.165) is 17.1 Å². The van der Waals surface area contributed by atoms with Gasteiger partial charge in [0.15, 0.2) is 11.6 Å². The molecule has 17 heteroatoms. The zero-order valence-electron chi connectivity index (χ0n) is 28.0. The van der Waals surface area contributed by atoms with E-state index in [0.29, 0.717) is 50.3 Å². The van der Waals surface area contributed by atoms with Crippen LogP contribution in [0.1, 0.15) is 55.0 Å². The highest BCUT2D eigenvalue weighted by molar-refractivity contribution is 6.24. The Kier molecular flexibility index (Phi) is 11.5. The molecule has 3 heterocycles. The van der Waals surface area contributed by atoms with Crippen LogP contribution in [0.25, 0.3) is 11.1 Å². The fraction of sp³-hybridized carbons (Fsp3) is 0.361. The highest BCUT2D eigenvalue weighted by Gasteiger charge is 2.53. The number of carbonyl (C=O) groups is 2. The summed E-state index contributed by atoms with van der Waals surface area (Å²) in [6.07, 6.45) is -7.29. The van der Waals surface area contributed by atoms with E-state index in [-0.39, 0.29) is 48.6 Å². The number of anilines is 1. The van der Waals surface area contributed by atoms with Crippen molar-refractivity contribution in [2.75, 3.05) is 31.7 Å². The number of unbranched alkanes of at least 4 members (excludes halogenated alkanes) is 1. The van der Waals surface area contributed by atoms with E-state index in [1.54, 1.807) is 0 Å². The molecule has 5 rings (SSSR count). The number of aliphatic hydroxyl groups excluding tert-OH is 2. The van der Waals surface area contributed by atoms with E-state index in [4.69, 9.17) is 9.84 Å². The normalized spacial score (nSPS) is 17.8. The molecule has 0 aliphatic carbocycles. The summed E-state index contributed by atoms with van der Waals surface area (Å²) in [6.45, 7) is 1.36. The molecular weight excluding hydrogens is 720 g/mol. The van der Waals surface area contributed by atoms with Crippen LogP contribution in [0.15, 0.2) is 60.0 Å². The van der Waals surface area contributed by atoms with E-state index >= 15 is 8.78 Å². The van der Waals surface area contributed by atoms with Gasteiger partial charge in [-0.25, -0.2) is 13.8 Å². The van der Waals surface area contributed by atoms with Crippen LogP contribution < -0.4 is 5.32 Å². The van der Waals surface area contributed by atoms with Gasteiger partial charge in [0.1, 0.15) is 23.6 Å². The summed E-state index contributed by atoms with van der Waals surface area (Å²) in [4.78, 5) is 31.0. The number of nitrogens with zero attached hydrogens (tertiary/aromatic N) is 3. The van der Waals surface area contributed by atoms with Gasteiger partial charge in [-0.1, -0.05) is 24.0 Å². The van der Waals surface area contributed by atoms with E-state index in [1.165, 1.54) is 24.1 Å². The van der Waals surface area contributed by atoms with Crippen molar-refractivity contribution in [3.05, 3.63) is 94.0 Å². The number of hydrazine groups is 1. The van der Waals surface area contributed by atoms with E-state index in [1.807, 2.05) is 0 Å². The SMILES string of the molecule is C[C@]12CCCN1N(Cc1ccc(C#CCOCCCCO)c(F)c1F)C(=O)C(C(=O)Nc1ccc(C(F)(F)F)cc1-c1ccc(C(F)(F)F)nc1)=C2O. The van der Waals surface area contributed by atoms with Crippen LogP contribution in [-0.2, 0) is 33.2 Å². The minimum atomic E-state index is -4.88. The number of ether oxygens (including phenoxy) is 1. The Hall–Kier alpha value is -5.05. The van der Waals surface area contributed by atoms with Gasteiger partial charge in [-0.3, -0.25) is 19.6 Å². The zero-order valence-corrected chi connectivity index (χ0v) is 28.0. The quantitative estimate of drug-likeness (QED) is 0.0907. The Morgan fingerprint density at radius 3 is 2.45 bits per heavy atom. The van der Waals surface area contributed by atoms with Gasteiger partial charge >= 0.3 is 12.4 Å². The van der Waals surface area contributed by atoms with Gasteiger partial charge in [0.05, 0.1) is 23.2 Å². The first-order valence-electron chi connectivity index (χ1n) is 16.2. The monoisotopic (exact) mass is 752 g/mol. The summed E-state index contributed by atoms with van der Waals surface area (Å²) in [5.74, 6) is -0.655. The van der Waals surface area contributed by atoms with Crippen LogP contribution in [0.3, 0.4) is 0 Å². The van der Waals surface area contributed by atoms with Crippen molar-refractivity contribution >= 4 is 17.5 Å². The Bertz CT molecular complexity index is 1970. The number of fused-ring (bicyclic) bond motifs is 1. The number of hydrogen-bond donors (Lipinski definition) is 3. The number of aliphatic hydroxyl groups is 2. The van der Waals surface area contributed by atoms with Crippen LogP contribution >= 0.6 is 0 Å². The van der Waals surface area contributed by atoms with Crippen LogP contribution in [-0.4, -0.2) is 68.9 Å². The second-order valence-electron chi connectivity index (χ2n) is 12.4. The molecule has 2 amide bonds. The van der Waals surface area contributed by atoms with Crippen LogP contribution in [0, 0.1) is 23.5 Å². The number of amides is 2. The lowest BCUT2D eigenvalue weighted by Crippen LogP contribution is -2.60. The molecule has 1 aromatic heterocycles. The average molecular weight is 753 g/mol. The molecule has 3 N–H and O–H groups in total. The maximum Gasteiger partial charge on any atom is 0.433 e. The van der Waals surface area contributed by atoms with Gasteiger partial charge in [0, 0.05) is 48.3 Å². The Morgan fingerprint density at radius 1 is 1.04 bits per heavy atom. The topological polar surface area (TPSA) is 115 Å². The number of hydrogen-bond acceptors (Lipinski definition) is 7. The van der Waals surface area contributed by atoms with Crippen molar-refractivity contribution in [2.24, 2.45) is 0 Å². The molecule has 0 saturated carbocycles. The standard InChI is InChI=1S/C36H32F8N4O5/c1-34-13-5-14-48(34)47(20-23-8-7-21(29(37)30(23)38)6-4-17-53-16-3-2-15-49)33(52)28(31(34)50)32(51)46-26-11-10-24(35(39,40)41)18-25(26)22-9-12-27(45-19-22)36(42,43)44/h7-12,18-19,49-50H,2-3,5,13-17,20H2,1H3,(H,46,51)/t34-/m1/s1. The lowest BCUT2D eigenvalue weighted by atomic mass is 9.90. The molecule has 282 valence electrons. The highest BCUT2D eigenvalue weighted by Crippen LogP contribution is 2.43. The molecule has 0 bridgehead atoms. The molecular formula is C36H32F8N4O5. The number of rotatable bonds is 10. The van der Waals surface area contributed by atoms with Gasteiger partial charge in [-0.05, 0) is 62.9 Å². The first kappa shape index (κ1) is 39.2. The Morgan fingerprint density at radius 2 is 1.79 bits per heavy atom. The fourth-order valence-corrected chi connectivity index (χ4v) is 6.06. The van der Waals surface area contributed by atoms with Gasteiger partial charge in [0.2, 0.25) is 0 Å². The zero-order chi connectivity index (χ0) is 38.7. The van der Waals surface area contributed by atoms with Crippen molar-refractivity contribution in [3.8, 4) is 23.0 Å². The van der Waals surface area contributed by atoms with Crippen molar-refractivity contribution in [1.82, 2.24) is 15.0 Å². The predicted octanol–water partition coefficient (Wildman–Crippen LogP) is 6.77. The minimum Gasteiger partial charge on any atom is -0.509 e. The second kappa shape index (κ2) is 15.5. The molecule has 1 atom stereocenters. The van der Waals surface area contributed by atoms with Crippen molar-refractivity contribution in [3.63, 3.8) is 0 Å². The van der Waals surface area contributed by atoms with E-state index in [2.05, 4.69) is 22.1 Å². The molecule has 0 radical (unpaired) electrons. The molecule has 1 fully saturated rings. The molecule has 53 heavy (non-hydrogen) atoms. The third-order valence-corrected chi connectivity index (χ3v) is 8.85. The molecule has 2 aromatic carbocycles. The summed E-state index contributed by atoms with van der Waals surface area (Å²) in [5, 5.41) is 24.8. The number of alkyl halides is 6. The number of nitrogens with one attached hydrogen (secondary N) is 1. The maximum absolute atomic E-state index is 15.4. The van der Waals surface area contributed by atoms with Gasteiger partial charge < -0.3 is 20.3 Å². The molecule has 1 saturated heterocycles. The van der Waals surface area contributed by atoms with Crippen LogP contribution in [0.2, 0.25) is 0 Å². The number of halogens is 8. The number of pyridine rings is 1. The van der Waals surface area contributed by atoms with Crippen LogP contribution in [0.4, 0.5) is 40.8 Å². The number of benzene rings is 2. The third-order valence-electron chi connectivity index (χ3n) is 8.85. The molecule has 0 spiro atoms. The smallest absolute Gasteiger partial charge is 0.433 e. The molecule has 0 unspecified atom stereocenters. The summed E-state index contributed by atoms with van der Waals surface area (Å²) in [5.41, 5.74) is -6.28. The number of aromatic nitrogens is 1. The molecule has 2 aliphatic heterocycles. The molecule has 3 aromatic rings. The summed E-state index contributed by atoms with van der Waals surface area (Å²) < 4.78 is 116. The molecule has 9 nitrogen and oxygen atoms in total.